The smallest absolute Gasteiger partial charge is 0.410 e. The van der Waals surface area contributed by atoms with E-state index in [1.165, 1.54) is 0 Å². The van der Waals surface area contributed by atoms with E-state index in [0.717, 1.165) is 30.9 Å². The van der Waals surface area contributed by atoms with Crippen molar-refractivity contribution in [2.45, 2.75) is 58.7 Å². The SMILES string of the molecule is CC(C)(C)OC(=O)N1CCc2c(c(=O)nc3n2CCC3)C1. The predicted octanol–water partition coefficient (Wildman–Crippen LogP) is 1.48. The van der Waals surface area contributed by atoms with Crippen molar-refractivity contribution in [3.05, 3.63) is 27.4 Å². The van der Waals surface area contributed by atoms with E-state index in [4.69, 9.17) is 4.74 Å². The summed E-state index contributed by atoms with van der Waals surface area (Å²) in [4.78, 5) is 30.1. The average molecular weight is 291 g/mol. The van der Waals surface area contributed by atoms with Gasteiger partial charge >= 0.3 is 6.09 Å². The van der Waals surface area contributed by atoms with Gasteiger partial charge in [-0.15, -0.1) is 0 Å². The largest absolute Gasteiger partial charge is 0.444 e. The molecule has 6 nitrogen and oxygen atoms in total. The van der Waals surface area contributed by atoms with Gasteiger partial charge in [-0.3, -0.25) is 4.79 Å². The Balaban J connectivity index is 1.87. The number of aryl methyl sites for hydroxylation is 1. The molecule has 0 aliphatic carbocycles. The summed E-state index contributed by atoms with van der Waals surface area (Å²) in [7, 11) is 0. The third-order valence-corrected chi connectivity index (χ3v) is 3.88. The van der Waals surface area contributed by atoms with E-state index in [2.05, 4.69) is 9.55 Å². The zero-order valence-corrected chi connectivity index (χ0v) is 12.8. The monoisotopic (exact) mass is 291 g/mol. The highest BCUT2D eigenvalue weighted by Gasteiger charge is 2.30. The van der Waals surface area contributed by atoms with Gasteiger partial charge in [0.05, 0.1) is 12.1 Å². The molecule has 3 heterocycles. The van der Waals surface area contributed by atoms with Crippen molar-refractivity contribution in [3.8, 4) is 0 Å². The number of carbonyl (C=O) groups excluding carboxylic acids is 1. The van der Waals surface area contributed by atoms with Crippen LogP contribution in [0.3, 0.4) is 0 Å². The quantitative estimate of drug-likeness (QED) is 0.726. The number of amides is 1. The summed E-state index contributed by atoms with van der Waals surface area (Å²) >= 11 is 0. The minimum absolute atomic E-state index is 0.189. The molecule has 2 aliphatic rings. The summed E-state index contributed by atoms with van der Waals surface area (Å²) in [6, 6.07) is 0. The molecule has 3 rings (SSSR count). The van der Waals surface area contributed by atoms with Crippen LogP contribution >= 0.6 is 0 Å². The second-order valence-electron chi connectivity index (χ2n) is 6.67. The van der Waals surface area contributed by atoms with Crippen LogP contribution in [0.25, 0.3) is 0 Å². The van der Waals surface area contributed by atoms with Crippen LogP contribution in [0.4, 0.5) is 4.79 Å². The van der Waals surface area contributed by atoms with Crippen molar-refractivity contribution < 1.29 is 9.53 Å². The number of carbonyl (C=O) groups is 1. The first-order valence-electron chi connectivity index (χ1n) is 7.44. The summed E-state index contributed by atoms with van der Waals surface area (Å²) in [5, 5.41) is 0. The molecule has 1 amide bonds. The Bertz CT molecular complexity index is 643. The van der Waals surface area contributed by atoms with Gasteiger partial charge in [0.15, 0.2) is 0 Å². The fourth-order valence-corrected chi connectivity index (χ4v) is 2.98. The number of nitrogens with zero attached hydrogens (tertiary/aromatic N) is 3. The summed E-state index contributed by atoms with van der Waals surface area (Å²) < 4.78 is 7.54. The van der Waals surface area contributed by atoms with Crippen LogP contribution in [0, 0.1) is 0 Å². The normalized spacial score (nSPS) is 17.4. The number of aromatic nitrogens is 2. The first-order valence-corrected chi connectivity index (χ1v) is 7.44. The number of ether oxygens (including phenoxy) is 1. The van der Waals surface area contributed by atoms with E-state index >= 15 is 0 Å². The molecule has 0 bridgehead atoms. The van der Waals surface area contributed by atoms with Crippen LogP contribution < -0.4 is 5.56 Å². The van der Waals surface area contributed by atoms with E-state index < -0.39 is 5.60 Å². The van der Waals surface area contributed by atoms with Gasteiger partial charge in [-0.2, -0.15) is 4.98 Å². The van der Waals surface area contributed by atoms with Gasteiger partial charge in [0, 0.05) is 31.6 Å². The Kier molecular flexibility index (Phi) is 3.26. The molecular formula is C15H21N3O3. The lowest BCUT2D eigenvalue weighted by Crippen LogP contribution is -2.43. The molecule has 0 saturated carbocycles. The fourth-order valence-electron chi connectivity index (χ4n) is 2.98. The first kappa shape index (κ1) is 14.1. The van der Waals surface area contributed by atoms with Gasteiger partial charge in [-0.25, -0.2) is 4.79 Å². The summed E-state index contributed by atoms with van der Waals surface area (Å²) in [6.45, 7) is 7.34. The molecule has 1 aromatic heterocycles. The second kappa shape index (κ2) is 4.86. The lowest BCUT2D eigenvalue weighted by atomic mass is 10.1. The van der Waals surface area contributed by atoms with Crippen molar-refractivity contribution in [2.24, 2.45) is 0 Å². The molecule has 1 aromatic rings. The molecule has 2 aliphatic heterocycles. The highest BCUT2D eigenvalue weighted by molar-refractivity contribution is 5.68. The maximum Gasteiger partial charge on any atom is 0.410 e. The van der Waals surface area contributed by atoms with E-state index in [-0.39, 0.29) is 11.7 Å². The molecule has 0 unspecified atom stereocenters. The molecule has 114 valence electrons. The van der Waals surface area contributed by atoms with Gasteiger partial charge in [-0.05, 0) is 27.2 Å². The molecule has 6 heteroatoms. The highest BCUT2D eigenvalue weighted by atomic mass is 16.6. The fraction of sp³-hybridized carbons (Fsp3) is 0.667. The Morgan fingerprint density at radius 1 is 1.24 bits per heavy atom. The zero-order chi connectivity index (χ0) is 15.2. The lowest BCUT2D eigenvalue weighted by Gasteiger charge is -2.31. The number of fused-ring (bicyclic) bond motifs is 3. The third kappa shape index (κ3) is 2.66. The first-order chi connectivity index (χ1) is 9.85. The van der Waals surface area contributed by atoms with Crippen molar-refractivity contribution in [1.29, 1.82) is 0 Å². The minimum atomic E-state index is -0.525. The van der Waals surface area contributed by atoms with Crippen LogP contribution in [-0.2, 0) is 30.7 Å². The topological polar surface area (TPSA) is 64.4 Å². The van der Waals surface area contributed by atoms with E-state index in [1.54, 1.807) is 4.90 Å². The van der Waals surface area contributed by atoms with Crippen molar-refractivity contribution in [3.63, 3.8) is 0 Å². The van der Waals surface area contributed by atoms with Crippen molar-refractivity contribution in [1.82, 2.24) is 14.5 Å². The summed E-state index contributed by atoms with van der Waals surface area (Å²) in [5.41, 5.74) is 0.995. The van der Waals surface area contributed by atoms with E-state index in [0.29, 0.717) is 25.1 Å². The van der Waals surface area contributed by atoms with Gasteiger partial charge in [0.25, 0.3) is 5.56 Å². The molecule has 0 saturated heterocycles. The Hall–Kier alpha value is -1.85. The average Bonchev–Trinajstić information content (AvgIpc) is 2.84. The van der Waals surface area contributed by atoms with Crippen LogP contribution in [0.15, 0.2) is 4.79 Å². The molecule has 0 spiro atoms. The molecule has 0 fully saturated rings. The lowest BCUT2D eigenvalue weighted by molar-refractivity contribution is 0.0220. The van der Waals surface area contributed by atoms with Crippen molar-refractivity contribution >= 4 is 6.09 Å². The molecule has 0 aromatic carbocycles. The van der Waals surface area contributed by atoms with Crippen LogP contribution in [0.5, 0.6) is 0 Å². The van der Waals surface area contributed by atoms with Gasteiger partial charge in [0.2, 0.25) is 0 Å². The third-order valence-electron chi connectivity index (χ3n) is 3.88. The zero-order valence-electron chi connectivity index (χ0n) is 12.8. The summed E-state index contributed by atoms with van der Waals surface area (Å²) in [6.07, 6.45) is 2.24. The molecule has 0 N–H and O–H groups in total. The number of hydrogen-bond acceptors (Lipinski definition) is 4. The molecule has 0 atom stereocenters. The molecular weight excluding hydrogens is 270 g/mol. The summed E-state index contributed by atoms with van der Waals surface area (Å²) in [5.74, 6) is 0.893. The van der Waals surface area contributed by atoms with E-state index in [1.807, 2.05) is 20.8 Å². The number of rotatable bonds is 0. The predicted molar refractivity (Wildman–Crippen MR) is 77.2 cm³/mol. The molecule has 21 heavy (non-hydrogen) atoms. The van der Waals surface area contributed by atoms with E-state index in [9.17, 15) is 9.59 Å². The Morgan fingerprint density at radius 2 is 2.00 bits per heavy atom. The second-order valence-corrected chi connectivity index (χ2v) is 6.67. The van der Waals surface area contributed by atoms with Crippen molar-refractivity contribution in [2.75, 3.05) is 6.54 Å². The van der Waals surface area contributed by atoms with Gasteiger partial charge < -0.3 is 14.2 Å². The highest BCUT2D eigenvalue weighted by Crippen LogP contribution is 2.22. The van der Waals surface area contributed by atoms with Crippen LogP contribution in [0.1, 0.15) is 44.3 Å². The van der Waals surface area contributed by atoms with Crippen LogP contribution in [-0.4, -0.2) is 32.7 Å². The maximum absolute atomic E-state index is 12.2. The standard InChI is InChI=1S/C15H21N3O3/c1-15(2,3)21-14(20)17-8-6-11-10(9-17)13(19)16-12-5-4-7-18(11)12/h4-9H2,1-3H3. The van der Waals surface area contributed by atoms with Crippen LogP contribution in [0.2, 0.25) is 0 Å². The minimum Gasteiger partial charge on any atom is -0.444 e. The van der Waals surface area contributed by atoms with Gasteiger partial charge in [0.1, 0.15) is 11.4 Å². The Morgan fingerprint density at radius 3 is 2.71 bits per heavy atom. The number of hydrogen-bond donors (Lipinski definition) is 0. The maximum atomic E-state index is 12.2. The Labute approximate surface area is 123 Å². The van der Waals surface area contributed by atoms with Gasteiger partial charge in [-0.1, -0.05) is 0 Å². The molecule has 0 radical (unpaired) electrons.